The van der Waals surface area contributed by atoms with Crippen LogP contribution in [-0.2, 0) is 6.54 Å². The molecule has 0 unspecified atom stereocenters. The van der Waals surface area contributed by atoms with Gasteiger partial charge in [0.15, 0.2) is 11.5 Å². The van der Waals surface area contributed by atoms with Crippen LogP contribution in [0.15, 0.2) is 48.8 Å². The lowest BCUT2D eigenvalue weighted by Crippen LogP contribution is -2.32. The maximum absolute atomic E-state index is 13.0. The molecule has 2 aromatic carbocycles. The van der Waals surface area contributed by atoms with Gasteiger partial charge in [-0.05, 0) is 44.0 Å². The number of carbonyl (C=O) groups excluding carboxylic acids is 1. The van der Waals surface area contributed by atoms with Crippen LogP contribution in [0.25, 0.3) is 11.1 Å². The SMILES string of the molecule is Cc1ccc(-c2cc(O)c3c(c2)CN(C(=O)c2cnn(C(C)C)c2)CCO3)cc1. The van der Waals surface area contributed by atoms with E-state index in [1.54, 1.807) is 28.0 Å². The fourth-order valence-corrected chi connectivity index (χ4v) is 3.50. The summed E-state index contributed by atoms with van der Waals surface area (Å²) in [6, 6.07) is 12.0. The van der Waals surface area contributed by atoms with Crippen molar-refractivity contribution >= 4 is 5.91 Å². The van der Waals surface area contributed by atoms with Gasteiger partial charge in [-0.2, -0.15) is 5.10 Å². The number of rotatable bonds is 3. The number of hydrogen-bond donors (Lipinski definition) is 1. The highest BCUT2D eigenvalue weighted by Crippen LogP contribution is 2.37. The molecular weight excluding hydrogens is 366 g/mol. The van der Waals surface area contributed by atoms with Gasteiger partial charge in [-0.25, -0.2) is 0 Å². The normalized spacial score (nSPS) is 13.7. The van der Waals surface area contributed by atoms with Crippen molar-refractivity contribution in [2.75, 3.05) is 13.2 Å². The quantitative estimate of drug-likeness (QED) is 0.727. The summed E-state index contributed by atoms with van der Waals surface area (Å²) in [6.45, 7) is 7.22. The van der Waals surface area contributed by atoms with Crippen molar-refractivity contribution < 1.29 is 14.6 Å². The number of aromatic nitrogens is 2. The lowest BCUT2D eigenvalue weighted by molar-refractivity contribution is 0.0733. The number of ether oxygens (including phenoxy) is 1. The van der Waals surface area contributed by atoms with Gasteiger partial charge in [-0.1, -0.05) is 29.8 Å². The van der Waals surface area contributed by atoms with Gasteiger partial charge >= 0.3 is 0 Å². The van der Waals surface area contributed by atoms with Crippen LogP contribution in [0.1, 0.15) is 41.4 Å². The third kappa shape index (κ3) is 3.83. The number of amides is 1. The number of aryl methyl sites for hydroxylation is 1. The van der Waals surface area contributed by atoms with E-state index >= 15 is 0 Å². The first-order valence-corrected chi connectivity index (χ1v) is 9.81. The lowest BCUT2D eigenvalue weighted by atomic mass is 10.0. The van der Waals surface area contributed by atoms with Gasteiger partial charge in [0.2, 0.25) is 0 Å². The van der Waals surface area contributed by atoms with Crippen LogP contribution in [0.5, 0.6) is 11.5 Å². The van der Waals surface area contributed by atoms with E-state index in [4.69, 9.17) is 4.74 Å². The molecule has 0 aliphatic carbocycles. The van der Waals surface area contributed by atoms with Gasteiger partial charge < -0.3 is 14.7 Å². The van der Waals surface area contributed by atoms with Crippen LogP contribution in [0, 0.1) is 6.92 Å². The van der Waals surface area contributed by atoms with Crippen molar-refractivity contribution in [3.63, 3.8) is 0 Å². The Morgan fingerprint density at radius 3 is 2.62 bits per heavy atom. The molecule has 0 spiro atoms. The van der Waals surface area contributed by atoms with Crippen LogP contribution in [0.3, 0.4) is 0 Å². The number of aromatic hydroxyl groups is 1. The molecule has 0 saturated carbocycles. The second-order valence-corrected chi connectivity index (χ2v) is 7.73. The lowest BCUT2D eigenvalue weighted by Gasteiger charge is -2.19. The van der Waals surface area contributed by atoms with E-state index in [1.165, 1.54) is 5.56 Å². The van der Waals surface area contributed by atoms with E-state index < -0.39 is 0 Å². The van der Waals surface area contributed by atoms with Gasteiger partial charge in [0, 0.05) is 24.3 Å². The zero-order valence-electron chi connectivity index (χ0n) is 16.9. The summed E-state index contributed by atoms with van der Waals surface area (Å²) in [5.74, 6) is 0.461. The minimum Gasteiger partial charge on any atom is -0.504 e. The summed E-state index contributed by atoms with van der Waals surface area (Å²) in [5, 5.41) is 14.8. The molecule has 0 bridgehead atoms. The van der Waals surface area contributed by atoms with Crippen molar-refractivity contribution in [2.45, 2.75) is 33.4 Å². The minimum atomic E-state index is -0.0893. The zero-order valence-corrected chi connectivity index (χ0v) is 16.9. The number of nitrogens with zero attached hydrogens (tertiary/aromatic N) is 3. The molecule has 4 rings (SSSR count). The highest BCUT2D eigenvalue weighted by molar-refractivity contribution is 5.93. The monoisotopic (exact) mass is 391 g/mol. The van der Waals surface area contributed by atoms with E-state index in [-0.39, 0.29) is 17.7 Å². The Hall–Kier alpha value is -3.28. The molecule has 0 fully saturated rings. The summed E-state index contributed by atoms with van der Waals surface area (Å²) >= 11 is 0. The number of carbonyl (C=O) groups is 1. The molecule has 1 aliphatic heterocycles. The number of fused-ring (bicyclic) bond motifs is 1. The minimum absolute atomic E-state index is 0.0893. The Balaban J connectivity index is 1.65. The second-order valence-electron chi connectivity index (χ2n) is 7.73. The van der Waals surface area contributed by atoms with Crippen LogP contribution >= 0.6 is 0 Å². The van der Waals surface area contributed by atoms with Crippen LogP contribution in [-0.4, -0.2) is 38.8 Å². The fourth-order valence-electron chi connectivity index (χ4n) is 3.50. The highest BCUT2D eigenvalue weighted by atomic mass is 16.5. The summed E-state index contributed by atoms with van der Waals surface area (Å²) in [7, 11) is 0. The Morgan fingerprint density at radius 1 is 1.17 bits per heavy atom. The predicted octanol–water partition coefficient (Wildman–Crippen LogP) is 4.18. The van der Waals surface area contributed by atoms with E-state index in [2.05, 4.69) is 5.10 Å². The fraction of sp³-hybridized carbons (Fsp3) is 0.304. The van der Waals surface area contributed by atoms with Gasteiger partial charge in [0.25, 0.3) is 5.91 Å². The number of hydrogen-bond acceptors (Lipinski definition) is 4. The van der Waals surface area contributed by atoms with Crippen LogP contribution < -0.4 is 4.74 Å². The summed E-state index contributed by atoms with van der Waals surface area (Å²) in [4.78, 5) is 14.8. The topological polar surface area (TPSA) is 67.6 Å². The Labute approximate surface area is 170 Å². The van der Waals surface area contributed by atoms with Crippen molar-refractivity contribution in [3.8, 4) is 22.6 Å². The molecule has 6 nitrogen and oxygen atoms in total. The maximum atomic E-state index is 13.0. The molecule has 3 aromatic rings. The molecule has 6 heteroatoms. The zero-order chi connectivity index (χ0) is 20.5. The van der Waals surface area contributed by atoms with E-state index in [0.29, 0.717) is 31.0 Å². The largest absolute Gasteiger partial charge is 0.504 e. The maximum Gasteiger partial charge on any atom is 0.257 e. The van der Waals surface area contributed by atoms with Crippen molar-refractivity contribution in [3.05, 3.63) is 65.5 Å². The van der Waals surface area contributed by atoms with E-state index in [1.807, 2.05) is 51.1 Å². The Bertz CT molecular complexity index is 1040. The summed E-state index contributed by atoms with van der Waals surface area (Å²) in [6.07, 6.45) is 3.38. The third-order valence-corrected chi connectivity index (χ3v) is 5.16. The molecule has 1 aliphatic rings. The average Bonchev–Trinajstić information content (AvgIpc) is 3.09. The van der Waals surface area contributed by atoms with Gasteiger partial charge in [0.05, 0.1) is 18.3 Å². The molecule has 150 valence electrons. The smallest absolute Gasteiger partial charge is 0.257 e. The van der Waals surface area contributed by atoms with Gasteiger partial charge in [-0.15, -0.1) is 0 Å². The molecule has 1 N–H and O–H groups in total. The first kappa shape index (κ1) is 19.1. The summed E-state index contributed by atoms with van der Waals surface area (Å²) in [5.41, 5.74) is 4.43. The molecule has 1 amide bonds. The molecule has 1 aromatic heterocycles. The van der Waals surface area contributed by atoms with Crippen molar-refractivity contribution in [2.24, 2.45) is 0 Å². The van der Waals surface area contributed by atoms with Crippen molar-refractivity contribution in [1.82, 2.24) is 14.7 Å². The van der Waals surface area contributed by atoms with Gasteiger partial charge in [0.1, 0.15) is 6.61 Å². The number of phenols is 1. The van der Waals surface area contributed by atoms with E-state index in [9.17, 15) is 9.90 Å². The first-order valence-electron chi connectivity index (χ1n) is 9.81. The Kier molecular flexibility index (Phi) is 5.01. The molecule has 29 heavy (non-hydrogen) atoms. The van der Waals surface area contributed by atoms with Crippen LogP contribution in [0.2, 0.25) is 0 Å². The average molecular weight is 391 g/mol. The molecule has 0 atom stereocenters. The highest BCUT2D eigenvalue weighted by Gasteiger charge is 2.24. The molecule has 0 radical (unpaired) electrons. The standard InChI is InChI=1S/C23H25N3O3/c1-15(2)26-14-20(12-24-26)23(28)25-8-9-29-22-19(13-25)10-18(11-21(22)27)17-6-4-16(3)5-7-17/h4-7,10-12,14-15,27H,8-9,13H2,1-3H3. The van der Waals surface area contributed by atoms with Crippen molar-refractivity contribution in [1.29, 1.82) is 0 Å². The molecule has 0 saturated heterocycles. The van der Waals surface area contributed by atoms with Gasteiger partial charge in [-0.3, -0.25) is 9.48 Å². The third-order valence-electron chi connectivity index (χ3n) is 5.16. The van der Waals surface area contributed by atoms with E-state index in [0.717, 1.165) is 16.7 Å². The number of benzene rings is 2. The molecule has 2 heterocycles. The van der Waals surface area contributed by atoms with Crippen LogP contribution in [0.4, 0.5) is 0 Å². The second kappa shape index (κ2) is 7.62. The molecular formula is C23H25N3O3. The predicted molar refractivity (Wildman–Crippen MR) is 111 cm³/mol. The first-order chi connectivity index (χ1) is 13.9. The number of phenolic OH excluding ortho intramolecular Hbond substituents is 1. The summed E-state index contributed by atoms with van der Waals surface area (Å²) < 4.78 is 7.56. The Morgan fingerprint density at radius 2 is 1.93 bits per heavy atom.